The van der Waals surface area contributed by atoms with Crippen LogP contribution in [-0.2, 0) is 6.42 Å². The molecule has 0 aliphatic rings. The molecule has 0 aliphatic heterocycles. The Morgan fingerprint density at radius 3 is 2.40 bits per heavy atom. The summed E-state index contributed by atoms with van der Waals surface area (Å²) in [5.41, 5.74) is 5.39. The zero-order valence-corrected chi connectivity index (χ0v) is 8.40. The smallest absolute Gasteiger partial charge is 0.162 e. The van der Waals surface area contributed by atoms with E-state index in [0.717, 1.165) is 18.9 Å². The van der Waals surface area contributed by atoms with E-state index in [1.54, 1.807) is 0 Å². The largest absolute Gasteiger partial charge is 0.330 e. The van der Waals surface area contributed by atoms with Crippen LogP contribution in [-0.4, -0.2) is 6.54 Å². The van der Waals surface area contributed by atoms with E-state index in [0.29, 0.717) is 25.5 Å². The summed E-state index contributed by atoms with van der Waals surface area (Å²) in [4.78, 5) is 0. The van der Waals surface area contributed by atoms with Crippen molar-refractivity contribution in [3.63, 3.8) is 0 Å². The van der Waals surface area contributed by atoms with Crippen molar-refractivity contribution in [1.29, 1.82) is 0 Å². The van der Waals surface area contributed by atoms with Gasteiger partial charge >= 0.3 is 0 Å². The summed E-state index contributed by atoms with van der Waals surface area (Å²) in [6.45, 7) is 0.583. The lowest BCUT2D eigenvalue weighted by Gasteiger charge is -2.04. The standard InChI is InChI=1S/C11H14F3N/c12-9-6-8(4-2-1-3-5-15)11(14)10(13)7-9/h6-7H,1-5,15H2. The summed E-state index contributed by atoms with van der Waals surface area (Å²) in [7, 11) is 0. The first-order valence-corrected chi connectivity index (χ1v) is 4.98. The number of hydrogen-bond donors (Lipinski definition) is 1. The SMILES string of the molecule is NCCCCCc1cc(F)cc(F)c1F. The lowest BCUT2D eigenvalue weighted by atomic mass is 10.1. The maximum absolute atomic E-state index is 13.1. The highest BCUT2D eigenvalue weighted by atomic mass is 19.2. The highest BCUT2D eigenvalue weighted by molar-refractivity contribution is 5.20. The highest BCUT2D eigenvalue weighted by Gasteiger charge is 2.10. The predicted octanol–water partition coefficient (Wildman–Crippen LogP) is 2.78. The van der Waals surface area contributed by atoms with Crippen molar-refractivity contribution in [2.24, 2.45) is 5.73 Å². The maximum Gasteiger partial charge on any atom is 0.162 e. The Balaban J connectivity index is 2.60. The van der Waals surface area contributed by atoms with Crippen LogP contribution < -0.4 is 5.73 Å². The van der Waals surface area contributed by atoms with Crippen LogP contribution in [0.5, 0.6) is 0 Å². The van der Waals surface area contributed by atoms with Gasteiger partial charge in [0.15, 0.2) is 11.6 Å². The van der Waals surface area contributed by atoms with Crippen LogP contribution in [0.25, 0.3) is 0 Å². The number of unbranched alkanes of at least 4 members (excludes halogenated alkanes) is 2. The van der Waals surface area contributed by atoms with Crippen LogP contribution in [0.1, 0.15) is 24.8 Å². The molecule has 0 amide bonds. The number of aryl methyl sites for hydroxylation is 1. The average molecular weight is 217 g/mol. The van der Waals surface area contributed by atoms with E-state index in [4.69, 9.17) is 5.73 Å². The molecule has 0 radical (unpaired) electrons. The molecule has 0 bridgehead atoms. The van der Waals surface area contributed by atoms with Crippen LogP contribution in [0, 0.1) is 17.5 Å². The van der Waals surface area contributed by atoms with Crippen LogP contribution in [0.2, 0.25) is 0 Å². The minimum atomic E-state index is -1.12. The van der Waals surface area contributed by atoms with Crippen LogP contribution in [0.15, 0.2) is 12.1 Å². The van der Waals surface area contributed by atoms with Crippen molar-refractivity contribution in [3.8, 4) is 0 Å². The van der Waals surface area contributed by atoms with Gasteiger partial charge in [-0.25, -0.2) is 13.2 Å². The van der Waals surface area contributed by atoms with Crippen molar-refractivity contribution < 1.29 is 13.2 Å². The number of hydrogen-bond acceptors (Lipinski definition) is 1. The van der Waals surface area contributed by atoms with Gasteiger partial charge in [0.1, 0.15) is 5.82 Å². The third-order valence-corrected chi connectivity index (χ3v) is 2.22. The summed E-state index contributed by atoms with van der Waals surface area (Å²) < 4.78 is 38.7. The van der Waals surface area contributed by atoms with Gasteiger partial charge < -0.3 is 5.73 Å². The molecule has 0 spiro atoms. The quantitative estimate of drug-likeness (QED) is 0.595. The lowest BCUT2D eigenvalue weighted by molar-refractivity contribution is 0.482. The normalized spacial score (nSPS) is 10.7. The molecule has 0 unspecified atom stereocenters. The minimum Gasteiger partial charge on any atom is -0.330 e. The van der Waals surface area contributed by atoms with Crippen molar-refractivity contribution >= 4 is 0 Å². The van der Waals surface area contributed by atoms with E-state index in [-0.39, 0.29) is 5.56 Å². The van der Waals surface area contributed by atoms with Crippen molar-refractivity contribution in [3.05, 3.63) is 35.1 Å². The molecule has 0 saturated carbocycles. The Morgan fingerprint density at radius 2 is 1.73 bits per heavy atom. The predicted molar refractivity (Wildman–Crippen MR) is 52.9 cm³/mol. The van der Waals surface area contributed by atoms with Crippen LogP contribution in [0.4, 0.5) is 13.2 Å². The van der Waals surface area contributed by atoms with E-state index in [1.165, 1.54) is 0 Å². The van der Waals surface area contributed by atoms with Gasteiger partial charge in [-0.15, -0.1) is 0 Å². The van der Waals surface area contributed by atoms with Gasteiger partial charge in [0.05, 0.1) is 0 Å². The van der Waals surface area contributed by atoms with Gasteiger partial charge in [-0.05, 0) is 37.4 Å². The third kappa shape index (κ3) is 3.55. The molecule has 0 atom stereocenters. The average Bonchev–Trinajstić information content (AvgIpc) is 2.19. The molecule has 1 aromatic carbocycles. The van der Waals surface area contributed by atoms with Crippen LogP contribution >= 0.6 is 0 Å². The van der Waals surface area contributed by atoms with Gasteiger partial charge in [0, 0.05) is 6.07 Å². The van der Waals surface area contributed by atoms with Gasteiger partial charge in [-0.3, -0.25) is 0 Å². The first kappa shape index (κ1) is 12.0. The molecule has 15 heavy (non-hydrogen) atoms. The number of rotatable bonds is 5. The molecule has 1 rings (SSSR count). The Morgan fingerprint density at radius 1 is 1.00 bits per heavy atom. The molecule has 0 fully saturated rings. The Kier molecular flexibility index (Phi) is 4.62. The number of benzene rings is 1. The molecule has 0 aromatic heterocycles. The molecular weight excluding hydrogens is 203 g/mol. The van der Waals surface area contributed by atoms with E-state index in [1.807, 2.05) is 0 Å². The second kappa shape index (κ2) is 5.75. The zero-order chi connectivity index (χ0) is 11.3. The second-order valence-corrected chi connectivity index (χ2v) is 3.46. The molecule has 0 aliphatic carbocycles. The van der Waals surface area contributed by atoms with Crippen molar-refractivity contribution in [1.82, 2.24) is 0 Å². The van der Waals surface area contributed by atoms with E-state index < -0.39 is 17.5 Å². The van der Waals surface area contributed by atoms with Crippen LogP contribution in [0.3, 0.4) is 0 Å². The Labute approximate surface area is 87.1 Å². The number of nitrogens with two attached hydrogens (primary N) is 1. The van der Waals surface area contributed by atoms with Gasteiger partial charge in [0.2, 0.25) is 0 Å². The second-order valence-electron chi connectivity index (χ2n) is 3.46. The zero-order valence-electron chi connectivity index (χ0n) is 8.40. The molecule has 4 heteroatoms. The Bertz CT molecular complexity index is 326. The summed E-state index contributed by atoms with van der Waals surface area (Å²) in [6.07, 6.45) is 2.73. The van der Waals surface area contributed by atoms with Gasteiger partial charge in [-0.1, -0.05) is 6.42 Å². The highest BCUT2D eigenvalue weighted by Crippen LogP contribution is 2.16. The van der Waals surface area contributed by atoms with Crippen molar-refractivity contribution in [2.75, 3.05) is 6.54 Å². The fourth-order valence-electron chi connectivity index (χ4n) is 1.43. The fraction of sp³-hybridized carbons (Fsp3) is 0.455. The summed E-state index contributed by atoms with van der Waals surface area (Å²) in [5.74, 6) is -2.80. The lowest BCUT2D eigenvalue weighted by Crippen LogP contribution is -2.00. The minimum absolute atomic E-state index is 0.101. The van der Waals surface area contributed by atoms with Gasteiger partial charge in [-0.2, -0.15) is 0 Å². The summed E-state index contributed by atoms with van der Waals surface area (Å²) >= 11 is 0. The first-order chi connectivity index (χ1) is 7.15. The molecule has 1 nitrogen and oxygen atoms in total. The van der Waals surface area contributed by atoms with E-state index >= 15 is 0 Å². The monoisotopic (exact) mass is 217 g/mol. The van der Waals surface area contributed by atoms with Gasteiger partial charge in [0.25, 0.3) is 0 Å². The molecule has 0 heterocycles. The van der Waals surface area contributed by atoms with E-state index in [2.05, 4.69) is 0 Å². The molecule has 1 aromatic rings. The molecular formula is C11H14F3N. The summed E-state index contributed by atoms with van der Waals surface area (Å²) in [6, 6.07) is 1.60. The Hall–Kier alpha value is -1.03. The topological polar surface area (TPSA) is 26.0 Å². The third-order valence-electron chi connectivity index (χ3n) is 2.22. The molecule has 0 saturated heterocycles. The molecule has 84 valence electrons. The first-order valence-electron chi connectivity index (χ1n) is 4.98. The van der Waals surface area contributed by atoms with E-state index in [9.17, 15) is 13.2 Å². The number of halogens is 3. The summed E-state index contributed by atoms with van der Waals surface area (Å²) in [5, 5.41) is 0. The van der Waals surface area contributed by atoms with Crippen molar-refractivity contribution in [2.45, 2.75) is 25.7 Å². The maximum atomic E-state index is 13.1. The molecule has 2 N–H and O–H groups in total. The fourth-order valence-corrected chi connectivity index (χ4v) is 1.43.